The van der Waals surface area contributed by atoms with Gasteiger partial charge in [-0.15, -0.1) is 0 Å². The Kier molecular flexibility index (Phi) is 6.43. The molecule has 206 valence electrons. The van der Waals surface area contributed by atoms with Crippen molar-refractivity contribution in [2.45, 2.75) is 38.3 Å². The van der Waals surface area contributed by atoms with E-state index in [9.17, 15) is 19.6 Å². The monoisotopic (exact) mass is 560 g/mol. The van der Waals surface area contributed by atoms with E-state index in [-0.39, 0.29) is 17.8 Å². The molecule has 12 heteroatoms. The van der Waals surface area contributed by atoms with Crippen LogP contribution in [0.1, 0.15) is 37.6 Å². The van der Waals surface area contributed by atoms with Gasteiger partial charge in [-0.05, 0) is 57.0 Å². The topological polar surface area (TPSA) is 114 Å². The van der Waals surface area contributed by atoms with Crippen molar-refractivity contribution in [3.05, 3.63) is 47.2 Å². The van der Waals surface area contributed by atoms with Crippen LogP contribution in [-0.4, -0.2) is 74.5 Å². The number of nitrogens with zero attached hydrogens (tertiary/aromatic N) is 8. The largest absolute Gasteiger partial charge is 0.381 e. The number of aliphatic hydroxyl groups is 1. The van der Waals surface area contributed by atoms with E-state index >= 15 is 0 Å². The summed E-state index contributed by atoms with van der Waals surface area (Å²) >= 11 is 1.28. The molecule has 1 saturated heterocycles. The maximum atomic E-state index is 13.5. The van der Waals surface area contributed by atoms with E-state index in [0.29, 0.717) is 53.1 Å². The number of piperazine rings is 1. The summed E-state index contributed by atoms with van der Waals surface area (Å²) < 4.78 is 15.5. The number of pyridine rings is 1. The van der Waals surface area contributed by atoms with Gasteiger partial charge in [0, 0.05) is 38.8 Å². The summed E-state index contributed by atoms with van der Waals surface area (Å²) in [5.41, 5.74) is 1.37. The van der Waals surface area contributed by atoms with Crippen molar-refractivity contribution < 1.29 is 14.3 Å². The molecule has 1 aliphatic heterocycles. The van der Waals surface area contributed by atoms with Gasteiger partial charge in [0.1, 0.15) is 33.9 Å². The molecule has 0 bridgehead atoms. The molecule has 2 fully saturated rings. The number of aromatic nitrogens is 4. The summed E-state index contributed by atoms with van der Waals surface area (Å²) in [5.74, 6) is 0.241. The molecule has 4 aromatic rings. The minimum Gasteiger partial charge on any atom is -0.381 e. The third kappa shape index (κ3) is 4.76. The number of carbonyl (C=O) groups excluding carboxylic acids is 1. The Morgan fingerprint density at radius 3 is 2.52 bits per heavy atom. The first-order valence-electron chi connectivity index (χ1n) is 13.2. The summed E-state index contributed by atoms with van der Waals surface area (Å²) in [6, 6.07) is 10.6. The number of halogens is 1. The highest BCUT2D eigenvalue weighted by Gasteiger charge is 2.33. The summed E-state index contributed by atoms with van der Waals surface area (Å²) in [4.78, 5) is 28.3. The zero-order valence-corrected chi connectivity index (χ0v) is 23.3. The molecule has 1 N–H and O–H groups in total. The average Bonchev–Trinajstić information content (AvgIpc) is 3.59. The summed E-state index contributed by atoms with van der Waals surface area (Å²) in [7, 11) is 1.91. The average molecular weight is 561 g/mol. The Morgan fingerprint density at radius 2 is 1.90 bits per heavy atom. The van der Waals surface area contributed by atoms with E-state index in [1.165, 1.54) is 37.3 Å². The molecule has 3 aromatic heterocycles. The Balaban J connectivity index is 1.34. The SMILES string of the molecule is CN(c1nc(-c2ccc(F)cc2)c(C#N)s1)c1c2cc(N3CCN(C(=O)C(C)(C)O)CC3)cnc2nn1C1CC1. The van der Waals surface area contributed by atoms with Crippen LogP contribution in [0.3, 0.4) is 0 Å². The van der Waals surface area contributed by atoms with Crippen molar-refractivity contribution >= 4 is 44.9 Å². The molecule has 1 aromatic carbocycles. The van der Waals surface area contributed by atoms with Crippen LogP contribution in [0.2, 0.25) is 0 Å². The number of carbonyl (C=O) groups is 1. The first-order chi connectivity index (χ1) is 19.1. The van der Waals surface area contributed by atoms with E-state index in [4.69, 9.17) is 10.1 Å². The van der Waals surface area contributed by atoms with E-state index < -0.39 is 5.60 Å². The minimum atomic E-state index is -1.39. The highest BCUT2D eigenvalue weighted by molar-refractivity contribution is 7.16. The molecule has 6 rings (SSSR count). The van der Waals surface area contributed by atoms with Gasteiger partial charge in [0.15, 0.2) is 10.8 Å². The fourth-order valence-electron chi connectivity index (χ4n) is 5.02. The lowest BCUT2D eigenvalue weighted by Crippen LogP contribution is -2.54. The number of rotatable bonds is 6. The zero-order valence-electron chi connectivity index (χ0n) is 22.5. The van der Waals surface area contributed by atoms with Crippen LogP contribution in [0.25, 0.3) is 22.3 Å². The molecule has 0 atom stereocenters. The number of hydrogen-bond donors (Lipinski definition) is 1. The van der Waals surface area contributed by atoms with Crippen LogP contribution in [0.5, 0.6) is 0 Å². The quantitative estimate of drug-likeness (QED) is 0.375. The molecule has 2 aliphatic rings. The fourth-order valence-corrected chi connectivity index (χ4v) is 5.87. The van der Waals surface area contributed by atoms with Crippen LogP contribution in [0, 0.1) is 17.1 Å². The summed E-state index contributed by atoms with van der Waals surface area (Å²) in [5, 5.41) is 26.3. The lowest BCUT2D eigenvalue weighted by molar-refractivity contribution is -0.148. The van der Waals surface area contributed by atoms with E-state index in [2.05, 4.69) is 22.0 Å². The molecule has 0 unspecified atom stereocenters. The Hall–Kier alpha value is -4.08. The first kappa shape index (κ1) is 26.2. The smallest absolute Gasteiger partial charge is 0.254 e. The maximum absolute atomic E-state index is 13.5. The van der Waals surface area contributed by atoms with Crippen molar-refractivity contribution in [2.75, 3.05) is 43.0 Å². The molecule has 0 radical (unpaired) electrons. The van der Waals surface area contributed by atoms with Crippen LogP contribution in [0.4, 0.5) is 21.0 Å². The van der Waals surface area contributed by atoms with Gasteiger partial charge < -0.3 is 19.8 Å². The van der Waals surface area contributed by atoms with Gasteiger partial charge in [0.05, 0.1) is 23.3 Å². The van der Waals surface area contributed by atoms with E-state index in [0.717, 1.165) is 29.7 Å². The third-order valence-electron chi connectivity index (χ3n) is 7.30. The normalized spacial score (nSPS) is 15.9. The Bertz CT molecular complexity index is 1620. The zero-order chi connectivity index (χ0) is 28.2. The molecule has 1 saturated carbocycles. The van der Waals surface area contributed by atoms with Crippen molar-refractivity contribution in [3.8, 4) is 17.3 Å². The van der Waals surface area contributed by atoms with Crippen LogP contribution < -0.4 is 9.80 Å². The van der Waals surface area contributed by atoms with Crippen molar-refractivity contribution in [2.24, 2.45) is 0 Å². The number of thiazole rings is 1. The van der Waals surface area contributed by atoms with Gasteiger partial charge in [-0.1, -0.05) is 11.3 Å². The van der Waals surface area contributed by atoms with Crippen molar-refractivity contribution in [1.82, 2.24) is 24.6 Å². The maximum Gasteiger partial charge on any atom is 0.254 e. The van der Waals surface area contributed by atoms with Gasteiger partial charge in [-0.3, -0.25) is 4.79 Å². The van der Waals surface area contributed by atoms with Crippen molar-refractivity contribution in [1.29, 1.82) is 5.26 Å². The number of amides is 1. The standard InChI is InChI=1S/C28H29FN8O2S/c1-28(2,39)26(38)36-12-10-35(11-13-36)20-14-21-24(31-16-20)33-37(19-8-9-19)25(21)34(3)27-32-23(22(15-30)40-27)17-4-6-18(29)7-5-17/h4-7,14,16,19,39H,8-13H2,1-3H3. The molecule has 10 nitrogen and oxygen atoms in total. The van der Waals surface area contributed by atoms with Gasteiger partial charge >= 0.3 is 0 Å². The molecule has 4 heterocycles. The summed E-state index contributed by atoms with van der Waals surface area (Å²) in [6.07, 6.45) is 3.87. The lowest BCUT2D eigenvalue weighted by atomic mass is 10.1. The Labute approximate surface area is 234 Å². The number of benzene rings is 1. The molecule has 40 heavy (non-hydrogen) atoms. The number of hydrogen-bond acceptors (Lipinski definition) is 9. The van der Waals surface area contributed by atoms with E-state index in [1.807, 2.05) is 22.8 Å². The molecule has 1 aliphatic carbocycles. The molecule has 0 spiro atoms. The van der Waals surface area contributed by atoms with Crippen LogP contribution in [-0.2, 0) is 4.79 Å². The molecular weight excluding hydrogens is 531 g/mol. The number of anilines is 3. The van der Waals surface area contributed by atoms with Gasteiger partial charge in [-0.25, -0.2) is 19.0 Å². The van der Waals surface area contributed by atoms with Gasteiger partial charge in [0.25, 0.3) is 5.91 Å². The second-order valence-electron chi connectivity index (χ2n) is 10.8. The predicted molar refractivity (Wildman–Crippen MR) is 151 cm³/mol. The minimum absolute atomic E-state index is 0.268. The highest BCUT2D eigenvalue weighted by Crippen LogP contribution is 2.44. The predicted octanol–water partition coefficient (Wildman–Crippen LogP) is 4.09. The van der Waals surface area contributed by atoms with Gasteiger partial charge in [0.2, 0.25) is 0 Å². The number of nitriles is 1. The third-order valence-corrected chi connectivity index (χ3v) is 8.34. The highest BCUT2D eigenvalue weighted by atomic mass is 32.1. The summed E-state index contributed by atoms with van der Waals surface area (Å²) in [6.45, 7) is 5.29. The lowest BCUT2D eigenvalue weighted by Gasteiger charge is -2.38. The van der Waals surface area contributed by atoms with Gasteiger partial charge in [-0.2, -0.15) is 10.4 Å². The Morgan fingerprint density at radius 1 is 1.20 bits per heavy atom. The molecular formula is C28H29FN8O2S. The molecule has 1 amide bonds. The van der Waals surface area contributed by atoms with Crippen molar-refractivity contribution in [3.63, 3.8) is 0 Å². The second kappa shape index (κ2) is 9.83. The first-order valence-corrected chi connectivity index (χ1v) is 14.0. The van der Waals surface area contributed by atoms with Crippen LogP contribution >= 0.6 is 11.3 Å². The van der Waals surface area contributed by atoms with Crippen LogP contribution in [0.15, 0.2) is 36.5 Å². The number of fused-ring (bicyclic) bond motifs is 1. The van der Waals surface area contributed by atoms with E-state index in [1.54, 1.807) is 17.0 Å². The second-order valence-corrected chi connectivity index (χ2v) is 11.7. The fraction of sp³-hybridized carbons (Fsp3) is 0.393.